The SMILES string of the molecule is COc1ccccc1-c1ccc2c(N)c(/C([O-])=N/c3c[n+](-c4ccccc4)no3)sc2n1. The minimum absolute atomic E-state index is 0.0818. The largest absolute Gasteiger partial charge is 0.857 e. The maximum absolute atomic E-state index is 12.8. The number of nitrogen functional groups attached to an aromatic ring is 1. The van der Waals surface area contributed by atoms with Crippen molar-refractivity contribution >= 4 is 39.0 Å². The van der Waals surface area contributed by atoms with Gasteiger partial charge in [-0.25, -0.2) is 9.98 Å². The zero-order chi connectivity index (χ0) is 22.1. The van der Waals surface area contributed by atoms with E-state index in [9.17, 15) is 5.11 Å². The van der Waals surface area contributed by atoms with E-state index in [2.05, 4.69) is 10.3 Å². The fourth-order valence-corrected chi connectivity index (χ4v) is 4.28. The lowest BCUT2D eigenvalue weighted by Crippen LogP contribution is -2.30. The molecule has 3 heterocycles. The van der Waals surface area contributed by atoms with Gasteiger partial charge in [-0.3, -0.25) is 4.52 Å². The number of aliphatic imine (C=N–C) groups is 1. The molecule has 32 heavy (non-hydrogen) atoms. The van der Waals surface area contributed by atoms with Crippen molar-refractivity contribution in [3.8, 4) is 22.7 Å². The number of anilines is 1. The molecule has 158 valence electrons. The molecule has 0 fully saturated rings. The molecule has 8 nitrogen and oxygen atoms in total. The van der Waals surface area contributed by atoms with Crippen LogP contribution in [0.15, 0.2) is 82.4 Å². The quantitative estimate of drug-likeness (QED) is 0.253. The van der Waals surface area contributed by atoms with Gasteiger partial charge in [0.25, 0.3) is 6.20 Å². The van der Waals surface area contributed by atoms with Gasteiger partial charge in [0.05, 0.1) is 23.4 Å². The first-order chi connectivity index (χ1) is 15.6. The van der Waals surface area contributed by atoms with Crippen molar-refractivity contribution < 1.29 is 19.0 Å². The molecule has 0 bridgehead atoms. The summed E-state index contributed by atoms with van der Waals surface area (Å²) in [5.41, 5.74) is 8.96. The molecule has 0 aliphatic rings. The maximum Gasteiger partial charge on any atom is 0.321 e. The Hall–Kier alpha value is -4.24. The highest BCUT2D eigenvalue weighted by molar-refractivity contribution is 7.21. The van der Waals surface area contributed by atoms with E-state index in [1.807, 2.05) is 66.7 Å². The summed E-state index contributed by atoms with van der Waals surface area (Å²) in [4.78, 5) is 9.67. The third-order valence-electron chi connectivity index (χ3n) is 4.86. The molecule has 0 radical (unpaired) electrons. The zero-order valence-electron chi connectivity index (χ0n) is 16.9. The number of thiophene rings is 1. The fourth-order valence-electron chi connectivity index (χ4n) is 3.30. The van der Waals surface area contributed by atoms with Crippen LogP contribution in [0.4, 0.5) is 11.6 Å². The van der Waals surface area contributed by atoms with Crippen molar-refractivity contribution in [1.82, 2.24) is 10.3 Å². The van der Waals surface area contributed by atoms with Crippen LogP contribution in [-0.2, 0) is 0 Å². The number of hydrogen-bond donors (Lipinski definition) is 1. The number of nitrogens with two attached hydrogens (primary N) is 1. The van der Waals surface area contributed by atoms with E-state index in [0.29, 0.717) is 26.5 Å². The molecular weight excluding hydrogens is 426 g/mol. The van der Waals surface area contributed by atoms with Crippen LogP contribution in [0.25, 0.3) is 27.2 Å². The van der Waals surface area contributed by atoms with Gasteiger partial charge in [-0.2, -0.15) is 0 Å². The number of ether oxygens (including phenoxy) is 1. The number of hydrogen-bond acceptors (Lipinski definition) is 8. The van der Waals surface area contributed by atoms with Gasteiger partial charge in [-0.05, 0) is 28.9 Å². The van der Waals surface area contributed by atoms with E-state index in [-0.39, 0.29) is 5.88 Å². The molecule has 2 aromatic carbocycles. The number of benzene rings is 2. The number of aromatic nitrogens is 3. The van der Waals surface area contributed by atoms with E-state index in [4.69, 9.17) is 20.0 Å². The highest BCUT2D eigenvalue weighted by Gasteiger charge is 2.16. The maximum atomic E-state index is 12.8. The monoisotopic (exact) mass is 443 g/mol. The second-order valence-corrected chi connectivity index (χ2v) is 7.83. The summed E-state index contributed by atoms with van der Waals surface area (Å²) in [6.45, 7) is 0. The molecule has 0 atom stereocenters. The molecular formula is C23H17N5O3S. The number of rotatable bonds is 5. The number of nitrogens with zero attached hydrogens (tertiary/aromatic N) is 4. The highest BCUT2D eigenvalue weighted by Crippen LogP contribution is 2.36. The normalized spacial score (nSPS) is 11.7. The molecule has 0 saturated heterocycles. The Morgan fingerprint density at radius 2 is 1.88 bits per heavy atom. The molecule has 2 N–H and O–H groups in total. The first kappa shape index (κ1) is 19.7. The molecule has 0 saturated carbocycles. The van der Waals surface area contributed by atoms with Crippen molar-refractivity contribution in [2.75, 3.05) is 12.8 Å². The van der Waals surface area contributed by atoms with Crippen molar-refractivity contribution in [2.24, 2.45) is 4.99 Å². The topological polar surface area (TPSA) is 113 Å². The second-order valence-electron chi connectivity index (χ2n) is 6.83. The lowest BCUT2D eigenvalue weighted by atomic mass is 10.1. The Labute approximate surface area is 186 Å². The number of para-hydroxylation sites is 2. The van der Waals surface area contributed by atoms with Crippen LogP contribution < -0.4 is 20.3 Å². The minimum Gasteiger partial charge on any atom is -0.857 e. The third kappa shape index (κ3) is 3.54. The second kappa shape index (κ2) is 8.12. The predicted molar refractivity (Wildman–Crippen MR) is 120 cm³/mol. The molecule has 5 aromatic rings. The summed E-state index contributed by atoms with van der Waals surface area (Å²) in [5.74, 6) is 0.284. The van der Waals surface area contributed by atoms with Gasteiger partial charge in [0.15, 0.2) is 0 Å². The zero-order valence-corrected chi connectivity index (χ0v) is 17.7. The van der Waals surface area contributed by atoms with Gasteiger partial charge in [-0.15, -0.1) is 11.3 Å². The van der Waals surface area contributed by atoms with E-state index in [1.165, 1.54) is 22.2 Å². The number of pyridine rings is 1. The summed E-state index contributed by atoms with van der Waals surface area (Å²) in [5, 5.41) is 17.4. The van der Waals surface area contributed by atoms with Crippen LogP contribution in [0.3, 0.4) is 0 Å². The molecule has 0 spiro atoms. The average molecular weight is 443 g/mol. The van der Waals surface area contributed by atoms with Gasteiger partial charge in [0, 0.05) is 29.0 Å². The van der Waals surface area contributed by atoms with Gasteiger partial charge in [0.1, 0.15) is 10.6 Å². The summed E-state index contributed by atoms with van der Waals surface area (Å²) in [6.07, 6.45) is 1.54. The van der Waals surface area contributed by atoms with Crippen LogP contribution in [0.2, 0.25) is 0 Å². The Morgan fingerprint density at radius 3 is 2.69 bits per heavy atom. The van der Waals surface area contributed by atoms with Crippen LogP contribution >= 0.6 is 11.3 Å². The molecule has 0 aliphatic heterocycles. The lowest BCUT2D eigenvalue weighted by Gasteiger charge is -2.07. The first-order valence-corrected chi connectivity index (χ1v) is 10.5. The summed E-state index contributed by atoms with van der Waals surface area (Å²) in [6, 6.07) is 20.7. The fraction of sp³-hybridized carbons (Fsp3) is 0.0435. The number of methoxy groups -OCH3 is 1. The Balaban J connectivity index is 1.50. The molecule has 9 heteroatoms. The molecule has 0 unspecified atom stereocenters. The van der Waals surface area contributed by atoms with Crippen molar-refractivity contribution in [3.63, 3.8) is 0 Å². The van der Waals surface area contributed by atoms with Gasteiger partial charge < -0.3 is 15.6 Å². The van der Waals surface area contributed by atoms with Gasteiger partial charge in [0.2, 0.25) is 11.0 Å². The van der Waals surface area contributed by atoms with Crippen LogP contribution in [0.1, 0.15) is 4.88 Å². The average Bonchev–Trinajstić information content (AvgIpc) is 3.44. The molecule has 0 amide bonds. The van der Waals surface area contributed by atoms with Crippen LogP contribution in [0.5, 0.6) is 5.75 Å². The standard InChI is InChI=1S/C23H17N5O3S/c1-30-18-10-6-5-9-15(18)17-12-11-16-20(24)21(32-23(16)25-17)22(29)26-19-13-28(27-31-19)14-7-3-2-4-8-14/h2-13H,1H3,(H2-,24,26,27,29). The van der Waals surface area contributed by atoms with E-state index in [1.54, 1.807) is 7.11 Å². The Morgan fingerprint density at radius 1 is 1.09 bits per heavy atom. The number of fused-ring (bicyclic) bond motifs is 1. The first-order valence-electron chi connectivity index (χ1n) is 9.66. The van der Waals surface area contributed by atoms with Crippen molar-refractivity contribution in [3.05, 3.63) is 77.8 Å². The van der Waals surface area contributed by atoms with E-state index >= 15 is 0 Å². The van der Waals surface area contributed by atoms with Crippen LogP contribution in [0, 0.1) is 0 Å². The smallest absolute Gasteiger partial charge is 0.321 e. The molecule has 3 aromatic heterocycles. The Kier molecular flexibility index (Phi) is 5.00. The predicted octanol–water partition coefficient (Wildman–Crippen LogP) is 3.26. The minimum atomic E-state index is -0.513. The summed E-state index contributed by atoms with van der Waals surface area (Å²) >= 11 is 1.19. The Bertz CT molecular complexity index is 1440. The van der Waals surface area contributed by atoms with Gasteiger partial charge >= 0.3 is 5.88 Å². The van der Waals surface area contributed by atoms with E-state index < -0.39 is 5.90 Å². The van der Waals surface area contributed by atoms with Crippen molar-refractivity contribution in [2.45, 2.75) is 0 Å². The summed E-state index contributed by atoms with van der Waals surface area (Å²) < 4.78 is 12.1. The van der Waals surface area contributed by atoms with Crippen molar-refractivity contribution in [1.29, 1.82) is 0 Å². The van der Waals surface area contributed by atoms with E-state index in [0.717, 1.165) is 16.9 Å². The molecule has 5 rings (SSSR count). The van der Waals surface area contributed by atoms with Crippen LogP contribution in [-0.4, -0.2) is 23.3 Å². The third-order valence-corrected chi connectivity index (χ3v) is 5.96. The lowest BCUT2D eigenvalue weighted by molar-refractivity contribution is -0.670. The van der Waals surface area contributed by atoms with Gasteiger partial charge in [-0.1, -0.05) is 30.3 Å². The highest BCUT2D eigenvalue weighted by atomic mass is 32.1. The summed E-state index contributed by atoms with van der Waals surface area (Å²) in [7, 11) is 1.61. The molecule has 0 aliphatic carbocycles.